The standard InChI is InChI=1S/C34H37N5O7/c1-7-30(40)36-28-18-22(38-12-14-45-15-13-38)8-10-27(28)35-29-11-9-25-26(20-39(32(25)37-29)33(42)46-34(2,3)4)31(41)21-16-23(43-5)19-24(17-21)44-6/h7-11,16-20H,1,12-15H2,2-6H3,(H,35,37)(H,36,40). The number of rotatable bonds is 9. The van der Waals surface area contributed by atoms with Crippen LogP contribution in [0.2, 0.25) is 0 Å². The van der Waals surface area contributed by atoms with Gasteiger partial charge in [0.25, 0.3) is 0 Å². The minimum Gasteiger partial charge on any atom is -0.497 e. The van der Waals surface area contributed by atoms with Crippen molar-refractivity contribution in [1.82, 2.24) is 9.55 Å². The highest BCUT2D eigenvalue weighted by Crippen LogP contribution is 2.33. The lowest BCUT2D eigenvalue weighted by molar-refractivity contribution is -0.111. The van der Waals surface area contributed by atoms with Crippen molar-refractivity contribution >= 4 is 51.7 Å². The number of carbonyl (C=O) groups excluding carboxylic acids is 3. The lowest BCUT2D eigenvalue weighted by Gasteiger charge is -2.29. The van der Waals surface area contributed by atoms with Gasteiger partial charge in [-0.15, -0.1) is 0 Å². The van der Waals surface area contributed by atoms with E-state index in [2.05, 4.69) is 22.1 Å². The molecule has 0 aliphatic carbocycles. The quantitative estimate of drug-likeness (QED) is 0.174. The number of nitrogens with one attached hydrogen (secondary N) is 2. The van der Waals surface area contributed by atoms with Crippen LogP contribution >= 0.6 is 0 Å². The van der Waals surface area contributed by atoms with Crippen molar-refractivity contribution in [2.45, 2.75) is 26.4 Å². The first-order valence-electron chi connectivity index (χ1n) is 14.7. The van der Waals surface area contributed by atoms with Gasteiger partial charge in [-0.3, -0.25) is 9.59 Å². The third-order valence-electron chi connectivity index (χ3n) is 7.19. The maximum Gasteiger partial charge on any atom is 0.420 e. The highest BCUT2D eigenvalue weighted by Gasteiger charge is 2.25. The van der Waals surface area contributed by atoms with Gasteiger partial charge in [-0.05, 0) is 69.3 Å². The Hall–Kier alpha value is -5.36. The Morgan fingerprint density at radius 1 is 0.957 bits per heavy atom. The van der Waals surface area contributed by atoms with Gasteiger partial charge in [-0.1, -0.05) is 6.58 Å². The third-order valence-corrected chi connectivity index (χ3v) is 7.19. The molecule has 1 aliphatic rings. The molecule has 1 aliphatic heterocycles. The first-order chi connectivity index (χ1) is 22.0. The van der Waals surface area contributed by atoms with E-state index < -0.39 is 11.7 Å². The molecular weight excluding hydrogens is 590 g/mol. The van der Waals surface area contributed by atoms with Crippen molar-refractivity contribution in [3.05, 3.63) is 78.5 Å². The van der Waals surface area contributed by atoms with Gasteiger partial charge in [0, 0.05) is 42.0 Å². The molecule has 0 radical (unpaired) electrons. The first kappa shape index (κ1) is 32.0. The summed E-state index contributed by atoms with van der Waals surface area (Å²) in [4.78, 5) is 46.5. The molecule has 0 atom stereocenters. The van der Waals surface area contributed by atoms with Crippen molar-refractivity contribution in [3.63, 3.8) is 0 Å². The number of ether oxygens (including phenoxy) is 4. The second-order valence-electron chi connectivity index (χ2n) is 11.5. The second-order valence-corrected chi connectivity index (χ2v) is 11.5. The molecule has 3 heterocycles. The predicted molar refractivity (Wildman–Crippen MR) is 176 cm³/mol. The Labute approximate surface area is 266 Å². The molecule has 2 aromatic heterocycles. The molecule has 2 N–H and O–H groups in total. The molecule has 5 rings (SSSR count). The Morgan fingerprint density at radius 2 is 1.65 bits per heavy atom. The Balaban J connectivity index is 1.57. The number of amides is 1. The number of pyridine rings is 1. The Bertz CT molecular complexity index is 1780. The molecule has 46 heavy (non-hydrogen) atoms. The van der Waals surface area contributed by atoms with Gasteiger partial charge in [-0.25, -0.2) is 14.3 Å². The number of anilines is 4. The fraction of sp³-hybridized carbons (Fsp3) is 0.294. The van der Waals surface area contributed by atoms with E-state index in [-0.39, 0.29) is 22.9 Å². The van der Waals surface area contributed by atoms with Crippen LogP contribution in [0.25, 0.3) is 11.0 Å². The summed E-state index contributed by atoms with van der Waals surface area (Å²) in [5.74, 6) is 0.525. The number of nitrogens with zero attached hydrogens (tertiary/aromatic N) is 3. The fourth-order valence-corrected chi connectivity index (χ4v) is 4.98. The summed E-state index contributed by atoms with van der Waals surface area (Å²) in [5.41, 5.74) is 1.96. The van der Waals surface area contributed by atoms with Crippen LogP contribution in [0.3, 0.4) is 0 Å². The number of methoxy groups -OCH3 is 2. The van der Waals surface area contributed by atoms with Gasteiger partial charge >= 0.3 is 6.09 Å². The van der Waals surface area contributed by atoms with Gasteiger partial charge in [-0.2, -0.15) is 0 Å². The number of carbonyl (C=O) groups is 3. The lowest BCUT2D eigenvalue weighted by atomic mass is 10.0. The highest BCUT2D eigenvalue weighted by molar-refractivity contribution is 6.17. The first-order valence-corrected chi connectivity index (χ1v) is 14.7. The van der Waals surface area contributed by atoms with E-state index in [1.54, 1.807) is 51.1 Å². The number of benzene rings is 2. The smallest absolute Gasteiger partial charge is 0.420 e. The van der Waals surface area contributed by atoms with Crippen LogP contribution in [0.5, 0.6) is 11.5 Å². The molecular formula is C34H37N5O7. The summed E-state index contributed by atoms with van der Waals surface area (Å²) in [5, 5.41) is 6.55. The number of ketones is 1. The van der Waals surface area contributed by atoms with Crippen LogP contribution in [0.15, 0.2) is 67.4 Å². The molecule has 0 spiro atoms. The summed E-state index contributed by atoms with van der Waals surface area (Å²) in [6.07, 6.45) is 1.93. The van der Waals surface area contributed by atoms with E-state index in [1.807, 2.05) is 18.2 Å². The topological polar surface area (TPSA) is 133 Å². The molecule has 12 nitrogen and oxygen atoms in total. The van der Waals surface area contributed by atoms with Crippen molar-refractivity contribution in [1.29, 1.82) is 0 Å². The van der Waals surface area contributed by atoms with E-state index >= 15 is 0 Å². The van der Waals surface area contributed by atoms with Crippen LogP contribution in [0.4, 0.5) is 27.7 Å². The molecule has 4 aromatic rings. The minimum atomic E-state index is -0.797. The van der Waals surface area contributed by atoms with Crippen molar-refractivity contribution < 1.29 is 33.3 Å². The number of morpholine rings is 1. The van der Waals surface area contributed by atoms with Crippen LogP contribution in [0.1, 0.15) is 36.7 Å². The second kappa shape index (κ2) is 13.3. The van der Waals surface area contributed by atoms with Gasteiger partial charge in [0.2, 0.25) is 5.91 Å². The summed E-state index contributed by atoms with van der Waals surface area (Å²) in [6, 6.07) is 13.9. The highest BCUT2D eigenvalue weighted by atomic mass is 16.6. The van der Waals surface area contributed by atoms with E-state index in [1.165, 1.54) is 31.1 Å². The minimum absolute atomic E-state index is 0.207. The van der Waals surface area contributed by atoms with Crippen LogP contribution in [-0.2, 0) is 14.3 Å². The maximum absolute atomic E-state index is 13.9. The van der Waals surface area contributed by atoms with Crippen molar-refractivity contribution in [3.8, 4) is 11.5 Å². The zero-order chi connectivity index (χ0) is 33.0. The van der Waals surface area contributed by atoms with Crippen molar-refractivity contribution in [2.24, 2.45) is 0 Å². The van der Waals surface area contributed by atoms with Gasteiger partial charge < -0.3 is 34.5 Å². The fourth-order valence-electron chi connectivity index (χ4n) is 4.98. The maximum atomic E-state index is 13.9. The Kier molecular flexibility index (Phi) is 9.28. The molecule has 1 saturated heterocycles. The SMILES string of the molecule is C=CC(=O)Nc1cc(N2CCOCC2)ccc1Nc1ccc2c(C(=O)c3cc(OC)cc(OC)c3)cn(C(=O)OC(C)(C)C)c2n1. The van der Waals surface area contributed by atoms with Gasteiger partial charge in [0.05, 0.1) is 44.4 Å². The molecule has 0 unspecified atom stereocenters. The number of hydrogen-bond donors (Lipinski definition) is 2. The van der Waals surface area contributed by atoms with E-state index in [9.17, 15) is 14.4 Å². The van der Waals surface area contributed by atoms with E-state index in [0.717, 1.165) is 18.8 Å². The van der Waals surface area contributed by atoms with Gasteiger partial charge in [0.15, 0.2) is 11.4 Å². The van der Waals surface area contributed by atoms with Crippen LogP contribution < -0.4 is 25.0 Å². The lowest BCUT2D eigenvalue weighted by Crippen LogP contribution is -2.36. The number of aromatic nitrogens is 2. The average molecular weight is 628 g/mol. The molecule has 2 aromatic carbocycles. The van der Waals surface area contributed by atoms with Crippen molar-refractivity contribution in [2.75, 3.05) is 56.1 Å². The monoisotopic (exact) mass is 627 g/mol. The summed E-state index contributed by atoms with van der Waals surface area (Å²) >= 11 is 0. The predicted octanol–water partition coefficient (Wildman–Crippen LogP) is 5.77. The normalized spacial score (nSPS) is 13.2. The third kappa shape index (κ3) is 7.13. The van der Waals surface area contributed by atoms with E-state index in [0.29, 0.717) is 52.9 Å². The van der Waals surface area contributed by atoms with Crippen LogP contribution in [0, 0.1) is 0 Å². The molecule has 240 valence electrons. The zero-order valence-electron chi connectivity index (χ0n) is 26.5. The largest absolute Gasteiger partial charge is 0.497 e. The molecule has 0 saturated carbocycles. The average Bonchev–Trinajstić information content (AvgIpc) is 3.43. The summed E-state index contributed by atoms with van der Waals surface area (Å²) in [7, 11) is 3.00. The van der Waals surface area contributed by atoms with Crippen LogP contribution in [-0.4, -0.2) is 73.5 Å². The molecule has 12 heteroatoms. The summed E-state index contributed by atoms with van der Waals surface area (Å²) in [6.45, 7) is 11.5. The Morgan fingerprint density at radius 3 is 2.28 bits per heavy atom. The summed E-state index contributed by atoms with van der Waals surface area (Å²) < 4.78 is 23.0. The molecule has 1 fully saturated rings. The zero-order valence-corrected chi connectivity index (χ0v) is 26.5. The number of hydrogen-bond acceptors (Lipinski definition) is 10. The number of fused-ring (bicyclic) bond motifs is 1. The van der Waals surface area contributed by atoms with Gasteiger partial charge in [0.1, 0.15) is 22.9 Å². The van der Waals surface area contributed by atoms with E-state index in [4.69, 9.17) is 23.9 Å². The molecule has 1 amide bonds. The molecule has 0 bridgehead atoms.